The molecule has 1 aromatic heterocycles. The summed E-state index contributed by atoms with van der Waals surface area (Å²) in [5, 5.41) is 2.98. The van der Waals surface area contributed by atoms with Crippen LogP contribution in [0.2, 0.25) is 0 Å². The molecule has 0 aromatic carbocycles. The maximum atomic E-state index is 13.1. The molecule has 2 nitrogen and oxygen atoms in total. The Kier molecular flexibility index (Phi) is 2.61. The fraction of sp³-hybridized carbons (Fsp3) is 0.500. The number of nitrogens with one attached hydrogen (secondary N) is 1. The lowest BCUT2D eigenvalue weighted by molar-refractivity contribution is 0.572. The van der Waals surface area contributed by atoms with Crippen molar-refractivity contribution in [3.8, 4) is 0 Å². The van der Waals surface area contributed by atoms with E-state index >= 15 is 0 Å². The highest BCUT2D eigenvalue weighted by Gasteiger charge is 2.16. The zero-order valence-electron chi connectivity index (χ0n) is 7.76. The lowest BCUT2D eigenvalue weighted by Crippen LogP contribution is -2.16. The molecule has 0 unspecified atom stereocenters. The van der Waals surface area contributed by atoms with Gasteiger partial charge in [0, 0.05) is 12.1 Å². The highest BCUT2D eigenvalue weighted by atomic mass is 19.1. The first kappa shape index (κ1) is 9.37. The summed E-state index contributed by atoms with van der Waals surface area (Å²) in [6, 6.07) is 1.15. The van der Waals surface area contributed by atoms with Gasteiger partial charge < -0.3 is 5.32 Å². The molecule has 1 fully saturated rings. The number of hydrogen-bond donors (Lipinski definition) is 1. The molecule has 76 valence electrons. The van der Waals surface area contributed by atoms with Crippen LogP contribution in [0.25, 0.3) is 0 Å². The normalized spacial score (nSPS) is 17.3. The lowest BCUT2D eigenvalue weighted by atomic mass is 10.2. The van der Waals surface area contributed by atoms with Crippen molar-refractivity contribution in [3.05, 3.63) is 23.9 Å². The van der Waals surface area contributed by atoms with E-state index in [9.17, 15) is 8.78 Å². The molecule has 0 spiro atoms. The number of aromatic nitrogens is 1. The van der Waals surface area contributed by atoms with Crippen molar-refractivity contribution in [3.63, 3.8) is 0 Å². The Labute approximate surface area is 81.4 Å². The molecule has 0 bridgehead atoms. The third-order valence-corrected chi connectivity index (χ3v) is 2.50. The van der Waals surface area contributed by atoms with Crippen LogP contribution in [0.1, 0.15) is 25.7 Å². The van der Waals surface area contributed by atoms with E-state index in [4.69, 9.17) is 0 Å². The Morgan fingerprint density at radius 2 is 2.00 bits per heavy atom. The topological polar surface area (TPSA) is 24.9 Å². The van der Waals surface area contributed by atoms with Crippen LogP contribution in [0.3, 0.4) is 0 Å². The highest BCUT2D eigenvalue weighted by molar-refractivity contribution is 5.37. The number of hydrogen-bond acceptors (Lipinski definition) is 2. The second kappa shape index (κ2) is 3.90. The third kappa shape index (κ3) is 2.00. The molecule has 14 heavy (non-hydrogen) atoms. The second-order valence-electron chi connectivity index (χ2n) is 3.61. The van der Waals surface area contributed by atoms with E-state index in [0.29, 0.717) is 6.04 Å². The van der Waals surface area contributed by atoms with Gasteiger partial charge in [-0.2, -0.15) is 0 Å². The smallest absolute Gasteiger partial charge is 0.168 e. The summed E-state index contributed by atoms with van der Waals surface area (Å²) in [4.78, 5) is 3.68. The second-order valence-corrected chi connectivity index (χ2v) is 3.61. The summed E-state index contributed by atoms with van der Waals surface area (Å²) >= 11 is 0. The van der Waals surface area contributed by atoms with Gasteiger partial charge in [-0.25, -0.2) is 13.8 Å². The zero-order valence-corrected chi connectivity index (χ0v) is 7.76. The minimum atomic E-state index is -0.639. The van der Waals surface area contributed by atoms with Crippen LogP contribution in [0.5, 0.6) is 0 Å². The van der Waals surface area contributed by atoms with Crippen LogP contribution in [-0.2, 0) is 0 Å². The van der Waals surface area contributed by atoms with Gasteiger partial charge in [-0.3, -0.25) is 0 Å². The largest absolute Gasteiger partial charge is 0.365 e. The highest BCUT2D eigenvalue weighted by Crippen LogP contribution is 2.22. The fourth-order valence-corrected chi connectivity index (χ4v) is 1.78. The lowest BCUT2D eigenvalue weighted by Gasteiger charge is -2.12. The molecule has 0 aliphatic heterocycles. The van der Waals surface area contributed by atoms with Crippen LogP contribution in [-0.4, -0.2) is 11.0 Å². The quantitative estimate of drug-likeness (QED) is 0.790. The first-order valence-electron chi connectivity index (χ1n) is 4.83. The van der Waals surface area contributed by atoms with Gasteiger partial charge in [-0.15, -0.1) is 0 Å². The van der Waals surface area contributed by atoms with E-state index in [-0.39, 0.29) is 5.82 Å². The fourth-order valence-electron chi connectivity index (χ4n) is 1.78. The Morgan fingerprint density at radius 1 is 1.29 bits per heavy atom. The summed E-state index contributed by atoms with van der Waals surface area (Å²) in [5.41, 5.74) is 0. The Hall–Kier alpha value is -1.19. The van der Waals surface area contributed by atoms with E-state index in [1.165, 1.54) is 12.8 Å². The molecule has 1 N–H and O–H groups in total. The first-order chi connectivity index (χ1) is 6.75. The third-order valence-electron chi connectivity index (χ3n) is 2.50. The number of halogens is 2. The SMILES string of the molecule is Fc1cnc(NC2CCCC2)c(F)c1. The van der Waals surface area contributed by atoms with Gasteiger partial charge in [0.25, 0.3) is 0 Å². The van der Waals surface area contributed by atoms with Crippen LogP contribution >= 0.6 is 0 Å². The maximum absolute atomic E-state index is 13.1. The molecule has 1 aliphatic carbocycles. The molecule has 1 aliphatic rings. The zero-order chi connectivity index (χ0) is 9.97. The molecular weight excluding hydrogens is 186 g/mol. The van der Waals surface area contributed by atoms with Gasteiger partial charge >= 0.3 is 0 Å². The molecule has 0 atom stereocenters. The van der Waals surface area contributed by atoms with Crippen LogP contribution < -0.4 is 5.32 Å². The average molecular weight is 198 g/mol. The maximum Gasteiger partial charge on any atom is 0.168 e. The standard InChI is InChI=1S/C10H12F2N2/c11-7-5-9(12)10(13-6-7)14-8-3-1-2-4-8/h5-6,8H,1-4H2,(H,13,14). The summed E-state index contributed by atoms with van der Waals surface area (Å²) < 4.78 is 25.7. The molecule has 1 heterocycles. The van der Waals surface area contributed by atoms with E-state index in [1.807, 2.05) is 0 Å². The summed E-state index contributed by atoms with van der Waals surface area (Å²) in [6.07, 6.45) is 5.44. The Morgan fingerprint density at radius 3 is 2.64 bits per heavy atom. The molecule has 1 saturated carbocycles. The van der Waals surface area contributed by atoms with Gasteiger partial charge in [-0.05, 0) is 12.8 Å². The van der Waals surface area contributed by atoms with Crippen molar-refractivity contribution < 1.29 is 8.78 Å². The van der Waals surface area contributed by atoms with E-state index in [2.05, 4.69) is 10.3 Å². The summed E-state index contributed by atoms with van der Waals surface area (Å²) in [5.74, 6) is -1.09. The van der Waals surface area contributed by atoms with Gasteiger partial charge in [0.05, 0.1) is 6.20 Å². The van der Waals surface area contributed by atoms with Crippen molar-refractivity contribution in [2.24, 2.45) is 0 Å². The monoisotopic (exact) mass is 198 g/mol. The van der Waals surface area contributed by atoms with Crippen molar-refractivity contribution in [2.45, 2.75) is 31.7 Å². The van der Waals surface area contributed by atoms with E-state index in [0.717, 1.165) is 25.1 Å². The van der Waals surface area contributed by atoms with E-state index in [1.54, 1.807) is 0 Å². The molecule has 0 saturated heterocycles. The summed E-state index contributed by atoms with van der Waals surface area (Å²) in [6.45, 7) is 0. The molecule has 0 radical (unpaired) electrons. The van der Waals surface area contributed by atoms with Gasteiger partial charge in [0.1, 0.15) is 5.82 Å². The molecule has 2 rings (SSSR count). The van der Waals surface area contributed by atoms with Crippen LogP contribution in [0.4, 0.5) is 14.6 Å². The van der Waals surface area contributed by atoms with Crippen molar-refractivity contribution in [1.29, 1.82) is 0 Å². The van der Waals surface area contributed by atoms with Gasteiger partial charge in [0.2, 0.25) is 0 Å². The van der Waals surface area contributed by atoms with Gasteiger partial charge in [0.15, 0.2) is 11.6 Å². The van der Waals surface area contributed by atoms with Crippen molar-refractivity contribution in [2.75, 3.05) is 5.32 Å². The first-order valence-corrected chi connectivity index (χ1v) is 4.83. The number of rotatable bonds is 2. The number of pyridine rings is 1. The Balaban J connectivity index is 2.08. The van der Waals surface area contributed by atoms with E-state index < -0.39 is 11.6 Å². The predicted octanol–water partition coefficient (Wildman–Crippen LogP) is 2.71. The summed E-state index contributed by atoms with van der Waals surface area (Å²) in [7, 11) is 0. The number of nitrogens with zero attached hydrogens (tertiary/aromatic N) is 1. The van der Waals surface area contributed by atoms with Crippen LogP contribution in [0, 0.1) is 11.6 Å². The molecule has 0 amide bonds. The minimum Gasteiger partial charge on any atom is -0.365 e. The molecule has 4 heteroatoms. The predicted molar refractivity (Wildman–Crippen MR) is 50.0 cm³/mol. The Bertz CT molecular complexity index is 322. The molecule has 1 aromatic rings. The van der Waals surface area contributed by atoms with Crippen molar-refractivity contribution >= 4 is 5.82 Å². The van der Waals surface area contributed by atoms with Crippen LogP contribution in [0.15, 0.2) is 12.3 Å². The van der Waals surface area contributed by atoms with Crippen molar-refractivity contribution in [1.82, 2.24) is 4.98 Å². The molecular formula is C10H12F2N2. The number of anilines is 1. The van der Waals surface area contributed by atoms with Gasteiger partial charge in [-0.1, -0.05) is 12.8 Å². The minimum absolute atomic E-state index is 0.165. The average Bonchev–Trinajstić information content (AvgIpc) is 2.62.